The summed E-state index contributed by atoms with van der Waals surface area (Å²) in [6.07, 6.45) is 1.71. The fraction of sp³-hybridized carbons (Fsp3) is 0. The van der Waals surface area contributed by atoms with Gasteiger partial charge in [-0.25, -0.2) is 0 Å². The van der Waals surface area contributed by atoms with Gasteiger partial charge in [0.2, 0.25) is 0 Å². The molecule has 4 heteroatoms. The van der Waals surface area contributed by atoms with Crippen LogP contribution in [0.3, 0.4) is 0 Å². The van der Waals surface area contributed by atoms with Crippen LogP contribution in [0.4, 0.5) is 17.1 Å². The van der Waals surface area contributed by atoms with E-state index < -0.39 is 8.07 Å². The third-order valence-electron chi connectivity index (χ3n) is 9.02. The van der Waals surface area contributed by atoms with E-state index in [2.05, 4.69) is 168 Å². The van der Waals surface area contributed by atoms with Crippen LogP contribution >= 0.6 is 0 Å². The summed E-state index contributed by atoms with van der Waals surface area (Å²) in [7, 11) is -2.67. The van der Waals surface area contributed by atoms with Gasteiger partial charge in [-0.1, -0.05) is 133 Å². The van der Waals surface area contributed by atoms with Gasteiger partial charge in [-0.05, 0) is 68.3 Å². The summed E-state index contributed by atoms with van der Waals surface area (Å²) >= 11 is 0. The molecule has 0 unspecified atom stereocenters. The van der Waals surface area contributed by atoms with E-state index in [0.717, 1.165) is 28.1 Å². The Bertz CT molecular complexity index is 2150. The normalized spacial score (nSPS) is 12.9. The van der Waals surface area contributed by atoms with E-state index >= 15 is 0 Å². The number of nitriles is 1. The summed E-state index contributed by atoms with van der Waals surface area (Å²) in [6.45, 7) is 0. The molecule has 0 N–H and O–H groups in total. The summed E-state index contributed by atoms with van der Waals surface area (Å²) in [5.41, 5.74) is 8.04. The van der Waals surface area contributed by atoms with Crippen molar-refractivity contribution in [3.8, 4) is 28.5 Å². The summed E-state index contributed by atoms with van der Waals surface area (Å²) in [5, 5.41) is 15.0. The zero-order valence-corrected chi connectivity index (χ0v) is 26.1. The van der Waals surface area contributed by atoms with Crippen molar-refractivity contribution in [2.24, 2.45) is 0 Å². The van der Waals surface area contributed by atoms with Gasteiger partial charge in [0.25, 0.3) is 0 Å². The van der Waals surface area contributed by atoms with E-state index in [-0.39, 0.29) is 0 Å². The lowest BCUT2D eigenvalue weighted by atomic mass is 9.96. The molecule has 0 radical (unpaired) electrons. The Labute approximate surface area is 270 Å². The second-order valence-corrected chi connectivity index (χ2v) is 15.2. The van der Waals surface area contributed by atoms with Gasteiger partial charge in [0.05, 0.1) is 17.3 Å². The molecule has 0 saturated carbocycles. The minimum atomic E-state index is -2.67. The van der Waals surface area contributed by atoms with Crippen molar-refractivity contribution in [3.63, 3.8) is 0 Å². The predicted molar refractivity (Wildman–Crippen MR) is 192 cm³/mol. The van der Waals surface area contributed by atoms with Crippen LogP contribution < -0.4 is 25.6 Å². The number of hydrogen-bond acceptors (Lipinski definition) is 3. The standard InChI is InChI=1S/C42H29N3Si/c43-30-31-26-27-44-38(28-31)37-21-8-7-20-36(37)32-14-13-15-33(29-32)45-39-22-9-11-24-41(39)46(34-16-3-1-4-17-34,35-18-5-2-6-19-35)42-25-12-10-23-40(42)45/h1-29H. The quantitative estimate of drug-likeness (QED) is 0.192. The molecule has 0 bridgehead atoms. The molecule has 7 aromatic rings. The van der Waals surface area contributed by atoms with Gasteiger partial charge in [-0.3, -0.25) is 4.98 Å². The Morgan fingerprint density at radius 3 is 1.72 bits per heavy atom. The highest BCUT2D eigenvalue weighted by atomic mass is 28.3. The highest BCUT2D eigenvalue weighted by Crippen LogP contribution is 2.40. The Kier molecular flexibility index (Phi) is 6.87. The van der Waals surface area contributed by atoms with Gasteiger partial charge in [0.1, 0.15) is 0 Å². The lowest BCUT2D eigenvalue weighted by molar-refractivity contribution is 1.29. The summed E-state index contributed by atoms with van der Waals surface area (Å²) in [4.78, 5) is 7.07. The van der Waals surface area contributed by atoms with Gasteiger partial charge in [-0.2, -0.15) is 5.26 Å². The van der Waals surface area contributed by atoms with E-state index in [4.69, 9.17) is 0 Å². The Hall–Kier alpha value is -6.02. The maximum Gasteiger partial charge on any atom is 0.184 e. The fourth-order valence-electron chi connectivity index (χ4n) is 7.11. The average Bonchev–Trinajstić information content (AvgIpc) is 3.14. The van der Waals surface area contributed by atoms with Crippen molar-refractivity contribution < 1.29 is 0 Å². The van der Waals surface area contributed by atoms with Crippen LogP contribution in [0.15, 0.2) is 176 Å². The van der Waals surface area contributed by atoms with Gasteiger partial charge < -0.3 is 4.90 Å². The molecule has 0 fully saturated rings. The first kappa shape index (κ1) is 27.5. The van der Waals surface area contributed by atoms with Crippen LogP contribution in [0.1, 0.15) is 5.56 Å². The van der Waals surface area contributed by atoms with Crippen molar-refractivity contribution in [2.75, 3.05) is 4.90 Å². The SMILES string of the molecule is N#Cc1ccnc(-c2ccccc2-c2cccc(N3c4ccccc4[Si](c4ccccc4)(c4ccccc4)c4ccccc43)c2)c1. The molecular formula is C42H29N3Si. The molecule has 0 saturated heterocycles. The third-order valence-corrected chi connectivity index (χ3v) is 13.9. The first-order chi connectivity index (χ1) is 22.8. The van der Waals surface area contributed by atoms with Crippen molar-refractivity contribution in [3.05, 3.63) is 182 Å². The van der Waals surface area contributed by atoms with Gasteiger partial charge in [0.15, 0.2) is 8.07 Å². The number of benzene rings is 6. The second-order valence-electron chi connectivity index (χ2n) is 11.5. The molecule has 216 valence electrons. The maximum absolute atomic E-state index is 9.54. The minimum absolute atomic E-state index is 0.597. The molecule has 1 aliphatic rings. The second kappa shape index (κ2) is 11.5. The lowest BCUT2D eigenvalue weighted by Gasteiger charge is -2.45. The molecule has 46 heavy (non-hydrogen) atoms. The largest absolute Gasteiger partial charge is 0.311 e. The van der Waals surface area contributed by atoms with Crippen molar-refractivity contribution in [1.29, 1.82) is 5.26 Å². The van der Waals surface area contributed by atoms with Gasteiger partial charge in [-0.15, -0.1) is 0 Å². The van der Waals surface area contributed by atoms with Crippen molar-refractivity contribution >= 4 is 45.9 Å². The number of anilines is 3. The molecule has 2 heterocycles. The molecule has 1 aliphatic heterocycles. The number of rotatable bonds is 5. The number of pyridine rings is 1. The monoisotopic (exact) mass is 603 g/mol. The molecular weight excluding hydrogens is 575 g/mol. The molecule has 0 spiro atoms. The summed E-state index contributed by atoms with van der Waals surface area (Å²) in [5.74, 6) is 0. The van der Waals surface area contributed by atoms with Crippen LogP contribution in [0.5, 0.6) is 0 Å². The van der Waals surface area contributed by atoms with Crippen molar-refractivity contribution in [1.82, 2.24) is 4.98 Å². The number of nitrogens with zero attached hydrogens (tertiary/aromatic N) is 3. The zero-order chi connectivity index (χ0) is 30.9. The van der Waals surface area contributed by atoms with Gasteiger partial charge >= 0.3 is 0 Å². The molecule has 0 atom stereocenters. The molecule has 1 aromatic heterocycles. The van der Waals surface area contributed by atoms with Crippen LogP contribution in [0.25, 0.3) is 22.4 Å². The van der Waals surface area contributed by atoms with E-state index in [1.54, 1.807) is 12.3 Å². The minimum Gasteiger partial charge on any atom is -0.311 e. The molecule has 3 nitrogen and oxygen atoms in total. The van der Waals surface area contributed by atoms with E-state index in [9.17, 15) is 5.26 Å². The van der Waals surface area contributed by atoms with Crippen LogP contribution in [-0.2, 0) is 0 Å². The number of hydrogen-bond donors (Lipinski definition) is 0. The van der Waals surface area contributed by atoms with Crippen LogP contribution in [0, 0.1) is 11.3 Å². The number of para-hydroxylation sites is 2. The first-order valence-corrected chi connectivity index (χ1v) is 17.5. The van der Waals surface area contributed by atoms with Gasteiger partial charge in [0, 0.05) is 28.8 Å². The van der Waals surface area contributed by atoms with Crippen LogP contribution in [0.2, 0.25) is 0 Å². The highest BCUT2D eigenvalue weighted by molar-refractivity contribution is 7.21. The fourth-order valence-corrected chi connectivity index (χ4v) is 12.2. The highest BCUT2D eigenvalue weighted by Gasteiger charge is 2.48. The number of fused-ring (bicyclic) bond motifs is 2. The van der Waals surface area contributed by atoms with E-state index in [1.807, 2.05) is 12.1 Å². The molecule has 0 amide bonds. The Morgan fingerprint density at radius 2 is 1.09 bits per heavy atom. The van der Waals surface area contributed by atoms with Crippen molar-refractivity contribution in [2.45, 2.75) is 0 Å². The topological polar surface area (TPSA) is 39.9 Å². The number of aromatic nitrogens is 1. The van der Waals surface area contributed by atoms with E-state index in [0.29, 0.717) is 5.56 Å². The predicted octanol–water partition coefficient (Wildman–Crippen LogP) is 7.45. The zero-order valence-electron chi connectivity index (χ0n) is 25.1. The molecule has 6 aromatic carbocycles. The third kappa shape index (κ3) is 4.37. The summed E-state index contributed by atoms with van der Waals surface area (Å²) in [6, 6.07) is 63.0. The average molecular weight is 604 g/mol. The van der Waals surface area contributed by atoms with Crippen LogP contribution in [-0.4, -0.2) is 13.1 Å². The molecule has 0 aliphatic carbocycles. The first-order valence-electron chi connectivity index (χ1n) is 15.5. The smallest absolute Gasteiger partial charge is 0.184 e. The lowest BCUT2D eigenvalue weighted by Crippen LogP contribution is -2.77. The Morgan fingerprint density at radius 1 is 0.522 bits per heavy atom. The summed E-state index contributed by atoms with van der Waals surface area (Å²) < 4.78 is 0. The van der Waals surface area contributed by atoms with E-state index in [1.165, 1.54) is 32.1 Å². The molecule has 8 rings (SSSR count). The Balaban J connectivity index is 1.36. The maximum atomic E-state index is 9.54.